The summed E-state index contributed by atoms with van der Waals surface area (Å²) in [6.45, 7) is 4.32. The van der Waals surface area contributed by atoms with Crippen LogP contribution in [0.1, 0.15) is 27.8 Å². The maximum absolute atomic E-state index is 7.00. The zero-order valence-electron chi connectivity index (χ0n) is 20.9. The summed E-state index contributed by atoms with van der Waals surface area (Å²) in [7, 11) is 2.20. The minimum atomic E-state index is -0.466. The van der Waals surface area contributed by atoms with E-state index in [-0.39, 0.29) is 0 Å². The zero-order valence-corrected chi connectivity index (χ0v) is 20.9. The highest BCUT2D eigenvalue weighted by Crippen LogP contribution is 2.63. The molecule has 1 aliphatic carbocycles. The van der Waals surface area contributed by atoms with Gasteiger partial charge in [0.25, 0.3) is 0 Å². The molecule has 173 valence electrons. The van der Waals surface area contributed by atoms with Crippen LogP contribution in [-0.4, -0.2) is 7.28 Å². The van der Waals surface area contributed by atoms with Crippen LogP contribution >= 0.6 is 0 Å². The van der Waals surface area contributed by atoms with E-state index in [9.17, 15) is 0 Å². The Kier molecular flexibility index (Phi) is 4.15. The normalized spacial score (nSPS) is 14.1. The number of hydrogen-bond acceptors (Lipinski definition) is 1. The zero-order chi connectivity index (χ0) is 24.7. The summed E-state index contributed by atoms with van der Waals surface area (Å²) in [5, 5.41) is 4.69. The average Bonchev–Trinajstić information content (AvgIpc) is 3.22. The smallest absolute Gasteiger partial charge is 0.148 e. The second-order valence-electron chi connectivity index (χ2n) is 10.3. The number of ether oxygens (including phenoxy) is 1. The lowest BCUT2D eigenvalue weighted by Gasteiger charge is -2.40. The molecule has 2 aliphatic rings. The van der Waals surface area contributed by atoms with Gasteiger partial charge in [-0.1, -0.05) is 127 Å². The lowest BCUT2D eigenvalue weighted by atomic mass is 9.63. The van der Waals surface area contributed by atoms with Gasteiger partial charge in [0, 0.05) is 21.9 Å². The second-order valence-corrected chi connectivity index (χ2v) is 10.3. The number of rotatable bonds is 1. The van der Waals surface area contributed by atoms with Crippen molar-refractivity contribution < 1.29 is 4.74 Å². The third-order valence-corrected chi connectivity index (χ3v) is 8.42. The summed E-state index contributed by atoms with van der Waals surface area (Å²) < 4.78 is 7.00. The maximum atomic E-state index is 7.00. The Bertz CT molecular complexity index is 1830. The van der Waals surface area contributed by atoms with E-state index in [1.54, 1.807) is 0 Å². The molecule has 1 radical (unpaired) electrons. The third kappa shape index (κ3) is 2.60. The van der Waals surface area contributed by atoms with Crippen molar-refractivity contribution in [2.75, 3.05) is 0 Å². The molecule has 6 aromatic rings. The number of aryl methyl sites for hydroxylation is 1. The van der Waals surface area contributed by atoms with E-state index in [1.165, 1.54) is 55.2 Å². The van der Waals surface area contributed by atoms with E-state index in [2.05, 4.69) is 130 Å². The quantitative estimate of drug-likeness (QED) is 0.220. The van der Waals surface area contributed by atoms with Crippen LogP contribution in [0, 0.1) is 6.92 Å². The Morgan fingerprint density at radius 3 is 1.76 bits per heavy atom. The van der Waals surface area contributed by atoms with E-state index in [1.807, 2.05) is 0 Å². The molecule has 8 rings (SSSR count). The lowest BCUT2D eigenvalue weighted by molar-refractivity contribution is 0.447. The van der Waals surface area contributed by atoms with Crippen molar-refractivity contribution in [3.63, 3.8) is 0 Å². The molecule has 1 spiro atoms. The molecule has 37 heavy (non-hydrogen) atoms. The summed E-state index contributed by atoms with van der Waals surface area (Å²) >= 11 is 0. The van der Waals surface area contributed by atoms with E-state index in [4.69, 9.17) is 4.74 Å². The first-order valence-corrected chi connectivity index (χ1v) is 13.0. The molecule has 0 fully saturated rings. The van der Waals surface area contributed by atoms with Gasteiger partial charge in [-0.2, -0.15) is 0 Å². The van der Waals surface area contributed by atoms with Crippen molar-refractivity contribution in [1.29, 1.82) is 0 Å². The predicted octanol–water partition coefficient (Wildman–Crippen LogP) is 8.15. The SMILES string of the molecule is C[B]c1ccc2c(c1)C1(c3cc(C)ccc3-2)c2ccc3ccccc3c2Oc2c1ccc1ccccc21. The molecule has 6 aromatic carbocycles. The monoisotopic (exact) mass is 471 g/mol. The van der Waals surface area contributed by atoms with Gasteiger partial charge in [-0.05, 0) is 39.9 Å². The Morgan fingerprint density at radius 2 is 1.14 bits per heavy atom. The highest BCUT2D eigenvalue weighted by Gasteiger charge is 2.51. The summed E-state index contributed by atoms with van der Waals surface area (Å²) in [5.41, 5.74) is 9.76. The highest BCUT2D eigenvalue weighted by molar-refractivity contribution is 6.52. The van der Waals surface area contributed by atoms with Crippen molar-refractivity contribution in [1.82, 2.24) is 0 Å². The average molecular weight is 471 g/mol. The molecule has 2 heteroatoms. The fourth-order valence-electron chi connectivity index (χ4n) is 6.76. The van der Waals surface area contributed by atoms with Crippen molar-refractivity contribution >= 4 is 34.3 Å². The number of hydrogen-bond donors (Lipinski definition) is 0. The van der Waals surface area contributed by atoms with Gasteiger partial charge in [0.1, 0.15) is 18.8 Å². The van der Waals surface area contributed by atoms with Crippen LogP contribution in [0.15, 0.2) is 109 Å². The molecule has 0 amide bonds. The summed E-state index contributed by atoms with van der Waals surface area (Å²) in [4.78, 5) is 0. The standard InChI is InChI=1S/C35H24BO/c1-21-11-15-27-28-16-14-24(36-2)20-32(28)35(31(27)19-21)29-17-12-22-7-3-5-9-25(22)33(29)37-34-26-10-6-4-8-23(26)13-18-30(34)35/h3-20H,1-2H3. The van der Waals surface area contributed by atoms with Gasteiger partial charge in [0.15, 0.2) is 0 Å². The molecule has 1 aliphatic heterocycles. The maximum Gasteiger partial charge on any atom is 0.148 e. The minimum absolute atomic E-state index is 0.466. The van der Waals surface area contributed by atoms with Gasteiger partial charge in [-0.15, -0.1) is 0 Å². The van der Waals surface area contributed by atoms with Crippen LogP contribution < -0.4 is 10.2 Å². The topological polar surface area (TPSA) is 9.23 Å². The first-order chi connectivity index (χ1) is 18.2. The molecular weight excluding hydrogens is 447 g/mol. The van der Waals surface area contributed by atoms with Crippen molar-refractivity contribution in [3.8, 4) is 22.6 Å². The van der Waals surface area contributed by atoms with Gasteiger partial charge < -0.3 is 4.74 Å². The van der Waals surface area contributed by atoms with Crippen LogP contribution in [0.5, 0.6) is 11.5 Å². The minimum Gasteiger partial charge on any atom is -0.455 e. The molecule has 0 aromatic heterocycles. The first-order valence-electron chi connectivity index (χ1n) is 13.0. The second kappa shape index (κ2) is 7.37. The van der Waals surface area contributed by atoms with Gasteiger partial charge in [-0.25, -0.2) is 0 Å². The van der Waals surface area contributed by atoms with Crippen LogP contribution in [-0.2, 0) is 5.41 Å². The number of fused-ring (bicyclic) bond motifs is 13. The summed E-state index contributed by atoms with van der Waals surface area (Å²) in [6.07, 6.45) is 0. The van der Waals surface area contributed by atoms with Crippen LogP contribution in [0.3, 0.4) is 0 Å². The molecule has 1 nitrogen and oxygen atoms in total. The molecule has 0 saturated carbocycles. The first kappa shape index (κ1) is 20.9. The van der Waals surface area contributed by atoms with Crippen LogP contribution in [0.25, 0.3) is 32.7 Å². The third-order valence-electron chi connectivity index (χ3n) is 8.42. The fraction of sp³-hybridized carbons (Fsp3) is 0.0857. The molecule has 0 atom stereocenters. The Labute approximate surface area is 217 Å². The molecule has 0 unspecified atom stereocenters. The molecular formula is C35H24BO. The van der Waals surface area contributed by atoms with Gasteiger partial charge in [0.2, 0.25) is 0 Å². The largest absolute Gasteiger partial charge is 0.455 e. The van der Waals surface area contributed by atoms with Crippen molar-refractivity contribution in [3.05, 3.63) is 137 Å². The van der Waals surface area contributed by atoms with Crippen LogP contribution in [0.2, 0.25) is 6.82 Å². The van der Waals surface area contributed by atoms with Gasteiger partial charge in [0.05, 0.1) is 5.41 Å². The van der Waals surface area contributed by atoms with E-state index >= 15 is 0 Å². The summed E-state index contributed by atoms with van der Waals surface area (Å²) in [6, 6.07) is 40.2. The van der Waals surface area contributed by atoms with E-state index in [0.29, 0.717) is 0 Å². The molecule has 0 N–H and O–H groups in total. The van der Waals surface area contributed by atoms with E-state index in [0.717, 1.165) is 22.3 Å². The van der Waals surface area contributed by atoms with Crippen molar-refractivity contribution in [2.45, 2.75) is 19.2 Å². The Hall–Kier alpha value is -4.30. The van der Waals surface area contributed by atoms with Gasteiger partial charge >= 0.3 is 0 Å². The fourth-order valence-corrected chi connectivity index (χ4v) is 6.76. The Morgan fingerprint density at radius 1 is 0.568 bits per heavy atom. The summed E-state index contributed by atoms with van der Waals surface area (Å²) in [5.74, 6) is 1.93. The number of benzene rings is 6. The Balaban J connectivity index is 1.63. The highest BCUT2D eigenvalue weighted by atomic mass is 16.5. The molecule has 0 bridgehead atoms. The van der Waals surface area contributed by atoms with E-state index < -0.39 is 5.41 Å². The predicted molar refractivity (Wildman–Crippen MR) is 155 cm³/mol. The lowest BCUT2D eigenvalue weighted by Crippen LogP contribution is -2.33. The molecule has 0 saturated heterocycles. The molecule has 1 heterocycles. The van der Waals surface area contributed by atoms with Crippen LogP contribution in [0.4, 0.5) is 0 Å². The van der Waals surface area contributed by atoms with Gasteiger partial charge in [-0.3, -0.25) is 0 Å². The van der Waals surface area contributed by atoms with Crippen molar-refractivity contribution in [2.24, 2.45) is 0 Å².